The van der Waals surface area contributed by atoms with Gasteiger partial charge in [0.15, 0.2) is 0 Å². The van der Waals surface area contributed by atoms with E-state index in [9.17, 15) is 14.0 Å². The Morgan fingerprint density at radius 1 is 1.07 bits per heavy atom. The van der Waals surface area contributed by atoms with Crippen molar-refractivity contribution in [2.24, 2.45) is 5.41 Å². The summed E-state index contributed by atoms with van der Waals surface area (Å²) in [7, 11) is 0. The molecule has 2 amide bonds. The number of likely N-dealkylation sites (tertiary alicyclic amines) is 2. The molecule has 1 atom stereocenters. The number of carbonyl (C=O) groups is 2. The highest BCUT2D eigenvalue weighted by Gasteiger charge is 2.51. The van der Waals surface area contributed by atoms with Crippen LogP contribution in [0.25, 0.3) is 0 Å². The summed E-state index contributed by atoms with van der Waals surface area (Å²) in [6.45, 7) is 6.94. The molecule has 158 valence electrons. The molecule has 3 fully saturated rings. The van der Waals surface area contributed by atoms with E-state index >= 15 is 0 Å². The van der Waals surface area contributed by atoms with E-state index in [-0.39, 0.29) is 24.1 Å². The lowest BCUT2D eigenvalue weighted by molar-refractivity contribution is -0.136. The second-order valence-corrected chi connectivity index (χ2v) is 8.43. The first-order chi connectivity index (χ1) is 14.1. The Morgan fingerprint density at radius 2 is 1.83 bits per heavy atom. The van der Waals surface area contributed by atoms with Crippen LogP contribution in [0.15, 0.2) is 24.3 Å². The van der Waals surface area contributed by atoms with Crippen LogP contribution < -0.4 is 0 Å². The molecule has 3 aliphatic heterocycles. The normalized spacial score (nSPS) is 25.3. The van der Waals surface area contributed by atoms with E-state index in [0.717, 1.165) is 58.8 Å². The van der Waals surface area contributed by atoms with Gasteiger partial charge in [-0.25, -0.2) is 4.39 Å². The second kappa shape index (κ2) is 8.79. The third-order valence-electron chi connectivity index (χ3n) is 6.66. The second-order valence-electron chi connectivity index (χ2n) is 8.43. The molecule has 0 bridgehead atoms. The van der Waals surface area contributed by atoms with E-state index in [1.54, 1.807) is 18.2 Å². The molecule has 0 radical (unpaired) electrons. The molecule has 1 aromatic rings. The fraction of sp³-hybridized carbons (Fsp3) is 0.636. The third kappa shape index (κ3) is 4.46. The summed E-state index contributed by atoms with van der Waals surface area (Å²) in [5.74, 6) is -0.0417. The minimum atomic E-state index is -0.404. The molecule has 1 aromatic carbocycles. The van der Waals surface area contributed by atoms with Crippen molar-refractivity contribution >= 4 is 11.8 Å². The Bertz CT molecular complexity index is 753. The van der Waals surface area contributed by atoms with Crippen LogP contribution in [0.1, 0.15) is 24.8 Å². The van der Waals surface area contributed by atoms with E-state index in [0.29, 0.717) is 25.1 Å². The molecular formula is C22H30FN3O3. The Labute approximate surface area is 171 Å². The number of nitrogens with zero attached hydrogens (tertiary/aromatic N) is 3. The van der Waals surface area contributed by atoms with Gasteiger partial charge >= 0.3 is 0 Å². The topological polar surface area (TPSA) is 53.1 Å². The Hall–Kier alpha value is -1.99. The van der Waals surface area contributed by atoms with E-state index in [2.05, 4.69) is 4.90 Å². The Kier molecular flexibility index (Phi) is 6.15. The van der Waals surface area contributed by atoms with Crippen molar-refractivity contribution in [2.75, 3.05) is 59.0 Å². The predicted octanol–water partition coefficient (Wildman–Crippen LogP) is 1.54. The van der Waals surface area contributed by atoms with Crippen LogP contribution in [0, 0.1) is 11.2 Å². The SMILES string of the molecule is O=C(CCc1ccccc1F)N1CCC2(CCN(CCN3CCOCC3)C2=O)C1. The van der Waals surface area contributed by atoms with Crippen molar-refractivity contribution < 1.29 is 18.7 Å². The molecule has 0 aromatic heterocycles. The maximum absolute atomic E-state index is 13.8. The number of rotatable bonds is 6. The van der Waals surface area contributed by atoms with Crippen molar-refractivity contribution in [3.05, 3.63) is 35.6 Å². The van der Waals surface area contributed by atoms with Crippen LogP contribution in [-0.2, 0) is 20.7 Å². The maximum Gasteiger partial charge on any atom is 0.230 e. The van der Waals surface area contributed by atoms with Crippen molar-refractivity contribution in [3.63, 3.8) is 0 Å². The summed E-state index contributed by atoms with van der Waals surface area (Å²) in [5, 5.41) is 0. The third-order valence-corrected chi connectivity index (χ3v) is 6.66. The highest BCUT2D eigenvalue weighted by atomic mass is 19.1. The van der Waals surface area contributed by atoms with E-state index in [1.165, 1.54) is 6.07 Å². The molecule has 3 aliphatic rings. The van der Waals surface area contributed by atoms with Crippen LogP contribution in [0.4, 0.5) is 4.39 Å². The maximum atomic E-state index is 13.8. The van der Waals surface area contributed by atoms with E-state index in [1.807, 2.05) is 9.80 Å². The van der Waals surface area contributed by atoms with Crippen LogP contribution in [0.5, 0.6) is 0 Å². The molecule has 0 saturated carbocycles. The van der Waals surface area contributed by atoms with Gasteiger partial charge in [-0.15, -0.1) is 0 Å². The number of ether oxygens (including phenoxy) is 1. The summed E-state index contributed by atoms with van der Waals surface area (Å²) in [5.41, 5.74) is 0.166. The minimum absolute atomic E-state index is 0.0182. The zero-order valence-corrected chi connectivity index (χ0v) is 16.9. The number of aryl methyl sites for hydroxylation is 1. The van der Waals surface area contributed by atoms with Crippen LogP contribution in [0.3, 0.4) is 0 Å². The van der Waals surface area contributed by atoms with Gasteiger partial charge in [-0.2, -0.15) is 0 Å². The summed E-state index contributed by atoms with van der Waals surface area (Å²) >= 11 is 0. The first-order valence-electron chi connectivity index (χ1n) is 10.7. The summed E-state index contributed by atoms with van der Waals surface area (Å²) in [4.78, 5) is 31.9. The number of benzene rings is 1. The standard InChI is InChI=1S/C22H30FN3O3/c23-19-4-2-1-3-18(19)5-6-20(27)26-10-8-22(17-26)7-9-25(21(22)28)12-11-24-13-15-29-16-14-24/h1-4H,5-17H2. The fourth-order valence-electron chi connectivity index (χ4n) is 4.76. The average Bonchev–Trinajstić information content (AvgIpc) is 3.31. The van der Waals surface area contributed by atoms with Crippen molar-refractivity contribution in [1.82, 2.24) is 14.7 Å². The van der Waals surface area contributed by atoms with Gasteiger partial charge in [0.2, 0.25) is 11.8 Å². The van der Waals surface area contributed by atoms with Crippen LogP contribution >= 0.6 is 0 Å². The fourth-order valence-corrected chi connectivity index (χ4v) is 4.76. The highest BCUT2D eigenvalue weighted by Crippen LogP contribution is 2.40. The lowest BCUT2D eigenvalue weighted by atomic mass is 9.85. The monoisotopic (exact) mass is 403 g/mol. The minimum Gasteiger partial charge on any atom is -0.379 e. The number of hydrogen-bond acceptors (Lipinski definition) is 4. The lowest BCUT2D eigenvalue weighted by Crippen LogP contribution is -2.43. The van der Waals surface area contributed by atoms with Crippen molar-refractivity contribution in [2.45, 2.75) is 25.7 Å². The number of carbonyl (C=O) groups excluding carboxylic acids is 2. The highest BCUT2D eigenvalue weighted by molar-refractivity contribution is 5.87. The first-order valence-corrected chi connectivity index (χ1v) is 10.7. The van der Waals surface area contributed by atoms with Crippen molar-refractivity contribution in [1.29, 1.82) is 0 Å². The number of halogens is 1. The molecule has 1 spiro atoms. The zero-order chi connectivity index (χ0) is 20.3. The van der Waals surface area contributed by atoms with E-state index < -0.39 is 5.41 Å². The molecule has 3 heterocycles. The Balaban J connectivity index is 1.27. The number of morpholine rings is 1. The van der Waals surface area contributed by atoms with Gasteiger partial charge in [-0.05, 0) is 30.9 Å². The molecule has 0 aliphatic carbocycles. The summed E-state index contributed by atoms with van der Waals surface area (Å²) < 4.78 is 19.2. The smallest absolute Gasteiger partial charge is 0.230 e. The van der Waals surface area contributed by atoms with Gasteiger partial charge in [0.05, 0.1) is 18.6 Å². The molecule has 7 heteroatoms. The van der Waals surface area contributed by atoms with Gasteiger partial charge < -0.3 is 14.5 Å². The van der Waals surface area contributed by atoms with Gasteiger partial charge in [0, 0.05) is 52.2 Å². The molecule has 29 heavy (non-hydrogen) atoms. The first kappa shape index (κ1) is 20.3. The largest absolute Gasteiger partial charge is 0.379 e. The van der Waals surface area contributed by atoms with Gasteiger partial charge in [-0.1, -0.05) is 18.2 Å². The summed E-state index contributed by atoms with van der Waals surface area (Å²) in [6.07, 6.45) is 2.25. The van der Waals surface area contributed by atoms with Crippen LogP contribution in [0.2, 0.25) is 0 Å². The van der Waals surface area contributed by atoms with Gasteiger partial charge in [-0.3, -0.25) is 14.5 Å². The Morgan fingerprint density at radius 3 is 2.62 bits per heavy atom. The molecule has 4 rings (SSSR count). The molecule has 1 unspecified atom stereocenters. The predicted molar refractivity (Wildman–Crippen MR) is 107 cm³/mol. The van der Waals surface area contributed by atoms with Crippen LogP contribution in [-0.4, -0.2) is 85.5 Å². The molecule has 0 N–H and O–H groups in total. The average molecular weight is 403 g/mol. The van der Waals surface area contributed by atoms with Crippen molar-refractivity contribution in [3.8, 4) is 0 Å². The number of amides is 2. The zero-order valence-electron chi connectivity index (χ0n) is 16.9. The van der Waals surface area contributed by atoms with Gasteiger partial charge in [0.1, 0.15) is 5.82 Å². The summed E-state index contributed by atoms with van der Waals surface area (Å²) in [6, 6.07) is 6.59. The van der Waals surface area contributed by atoms with E-state index in [4.69, 9.17) is 4.74 Å². The quantitative estimate of drug-likeness (QED) is 0.723. The molecule has 3 saturated heterocycles. The lowest BCUT2D eigenvalue weighted by Gasteiger charge is -2.29. The number of hydrogen-bond donors (Lipinski definition) is 0. The van der Waals surface area contributed by atoms with Gasteiger partial charge in [0.25, 0.3) is 0 Å². The molecule has 6 nitrogen and oxygen atoms in total. The molecular weight excluding hydrogens is 373 g/mol.